The van der Waals surface area contributed by atoms with E-state index in [-0.39, 0.29) is 37.2 Å². The molecule has 1 heterocycles. The lowest BCUT2D eigenvalue weighted by atomic mass is 10.0. The minimum absolute atomic E-state index is 0.0262. The van der Waals surface area contributed by atoms with Gasteiger partial charge in [0.15, 0.2) is 0 Å². The summed E-state index contributed by atoms with van der Waals surface area (Å²) in [7, 11) is 0. The van der Waals surface area contributed by atoms with Gasteiger partial charge in [-0.3, -0.25) is 19.2 Å². The predicted octanol–water partition coefficient (Wildman–Crippen LogP) is 1.34. The first-order valence-electron chi connectivity index (χ1n) is 15.1. The molecule has 0 aliphatic rings. The van der Waals surface area contributed by atoms with Crippen molar-refractivity contribution in [3.63, 3.8) is 0 Å². The SMILES string of the molecule is NC(Cc1ccc(O)cc1)C(=O)NC(Cc1c[nH]c2ccccc12)C(=O)NC(CCC(=O)O)C(=O)NC(Cc1ccc(O)cc1)C(=O)O. The van der Waals surface area contributed by atoms with Gasteiger partial charge >= 0.3 is 11.9 Å². The van der Waals surface area contributed by atoms with Gasteiger partial charge in [-0.25, -0.2) is 4.79 Å². The number of aromatic amines is 1. The van der Waals surface area contributed by atoms with Gasteiger partial charge in [0.2, 0.25) is 17.7 Å². The van der Waals surface area contributed by atoms with Crippen LogP contribution in [0.1, 0.15) is 29.5 Å². The van der Waals surface area contributed by atoms with Gasteiger partial charge in [0.05, 0.1) is 6.04 Å². The molecule has 14 heteroatoms. The minimum Gasteiger partial charge on any atom is -0.508 e. The molecule has 0 aliphatic heterocycles. The zero-order chi connectivity index (χ0) is 34.8. The summed E-state index contributed by atoms with van der Waals surface area (Å²) in [6.45, 7) is 0. The van der Waals surface area contributed by atoms with Crippen molar-refractivity contribution in [3.05, 3.63) is 95.7 Å². The number of aliphatic carboxylic acids is 2. The second-order valence-electron chi connectivity index (χ2n) is 11.4. The van der Waals surface area contributed by atoms with Crippen molar-refractivity contribution in [2.75, 3.05) is 0 Å². The number of para-hydroxylation sites is 1. The van der Waals surface area contributed by atoms with Crippen molar-refractivity contribution >= 4 is 40.6 Å². The third-order valence-corrected chi connectivity index (χ3v) is 7.73. The molecule has 4 unspecified atom stereocenters. The average Bonchev–Trinajstić information content (AvgIpc) is 3.46. The number of carbonyl (C=O) groups is 5. The molecule has 0 spiro atoms. The summed E-state index contributed by atoms with van der Waals surface area (Å²) in [6, 6.07) is 13.9. The van der Waals surface area contributed by atoms with Crippen LogP contribution < -0.4 is 21.7 Å². The molecule has 48 heavy (non-hydrogen) atoms. The Balaban J connectivity index is 1.54. The number of hydrogen-bond donors (Lipinski definition) is 9. The number of carboxylic acids is 2. The van der Waals surface area contributed by atoms with Crippen molar-refractivity contribution in [1.29, 1.82) is 0 Å². The van der Waals surface area contributed by atoms with Gasteiger partial charge in [-0.05, 0) is 59.9 Å². The van der Waals surface area contributed by atoms with E-state index in [1.54, 1.807) is 18.3 Å². The number of rotatable bonds is 16. The van der Waals surface area contributed by atoms with E-state index in [9.17, 15) is 44.4 Å². The monoisotopic (exact) mass is 659 g/mol. The normalized spacial score (nSPS) is 13.5. The Kier molecular flexibility index (Phi) is 11.7. The number of phenolic OH excluding ortho intramolecular Hbond substituents is 2. The van der Waals surface area contributed by atoms with E-state index >= 15 is 0 Å². The average molecular weight is 660 g/mol. The van der Waals surface area contributed by atoms with Crippen LogP contribution in [0.5, 0.6) is 11.5 Å². The number of fused-ring (bicyclic) bond motifs is 1. The lowest BCUT2D eigenvalue weighted by Crippen LogP contribution is -2.58. The molecular formula is C34H37N5O9. The number of carbonyl (C=O) groups excluding carboxylic acids is 3. The van der Waals surface area contributed by atoms with Gasteiger partial charge in [0.1, 0.15) is 29.6 Å². The maximum Gasteiger partial charge on any atom is 0.326 e. The smallest absolute Gasteiger partial charge is 0.326 e. The number of H-pyrrole nitrogens is 1. The number of carboxylic acid groups (broad SMARTS) is 2. The van der Waals surface area contributed by atoms with Crippen LogP contribution in [0.3, 0.4) is 0 Å². The molecule has 1 aromatic heterocycles. The van der Waals surface area contributed by atoms with E-state index in [0.717, 1.165) is 10.9 Å². The fraction of sp³-hybridized carbons (Fsp3) is 0.265. The van der Waals surface area contributed by atoms with E-state index in [4.69, 9.17) is 5.73 Å². The number of nitrogens with two attached hydrogens (primary N) is 1. The van der Waals surface area contributed by atoms with Crippen molar-refractivity contribution in [3.8, 4) is 11.5 Å². The lowest BCUT2D eigenvalue weighted by Gasteiger charge is -2.25. The van der Waals surface area contributed by atoms with E-state index in [1.807, 2.05) is 24.3 Å². The fourth-order valence-corrected chi connectivity index (χ4v) is 5.14. The number of phenols is 2. The van der Waals surface area contributed by atoms with E-state index in [0.29, 0.717) is 16.7 Å². The van der Waals surface area contributed by atoms with Crippen molar-refractivity contribution in [2.24, 2.45) is 5.73 Å². The second kappa shape index (κ2) is 16.1. The number of hydrogen-bond acceptors (Lipinski definition) is 8. The number of aromatic hydroxyl groups is 2. The first kappa shape index (κ1) is 35.0. The standard InChI is InChI=1S/C34H37N5O9/c35-25(15-19-5-9-22(40)10-6-19)31(44)38-28(17-21-18-36-26-4-2-1-3-24(21)26)33(46)37-27(13-14-30(42)43)32(45)39-29(34(47)48)16-20-7-11-23(41)12-8-20/h1-12,18,25,27-29,36,40-41H,13-17,35H2,(H,37,46)(H,38,44)(H,39,45)(H,42,43)(H,47,48). The van der Waals surface area contributed by atoms with Crippen LogP contribution in [-0.4, -0.2) is 79.2 Å². The Morgan fingerprint density at radius 1 is 0.667 bits per heavy atom. The lowest BCUT2D eigenvalue weighted by molar-refractivity contribution is -0.143. The largest absolute Gasteiger partial charge is 0.508 e. The highest BCUT2D eigenvalue weighted by atomic mass is 16.4. The third-order valence-electron chi connectivity index (χ3n) is 7.73. The zero-order valence-electron chi connectivity index (χ0n) is 25.8. The highest BCUT2D eigenvalue weighted by Gasteiger charge is 2.31. The summed E-state index contributed by atoms with van der Waals surface area (Å²) in [5.74, 6) is -5.02. The molecule has 10 N–H and O–H groups in total. The highest BCUT2D eigenvalue weighted by Crippen LogP contribution is 2.20. The Morgan fingerprint density at radius 2 is 1.21 bits per heavy atom. The van der Waals surface area contributed by atoms with Crippen molar-refractivity contribution < 1.29 is 44.4 Å². The van der Waals surface area contributed by atoms with E-state index in [2.05, 4.69) is 20.9 Å². The van der Waals surface area contributed by atoms with E-state index < -0.39 is 60.2 Å². The highest BCUT2D eigenvalue weighted by molar-refractivity contribution is 5.95. The molecule has 3 aromatic carbocycles. The number of benzene rings is 3. The molecule has 0 fully saturated rings. The predicted molar refractivity (Wildman–Crippen MR) is 174 cm³/mol. The Morgan fingerprint density at radius 3 is 1.81 bits per heavy atom. The topological polar surface area (TPSA) is 244 Å². The summed E-state index contributed by atoms with van der Waals surface area (Å²) in [5, 5.41) is 46.5. The Labute approximate surface area is 275 Å². The first-order chi connectivity index (χ1) is 22.9. The minimum atomic E-state index is -1.47. The summed E-state index contributed by atoms with van der Waals surface area (Å²) >= 11 is 0. The molecule has 4 rings (SSSR count). The van der Waals surface area contributed by atoms with Gasteiger partial charge in [-0.1, -0.05) is 42.5 Å². The Bertz CT molecular complexity index is 1750. The van der Waals surface area contributed by atoms with Crippen molar-refractivity contribution in [1.82, 2.24) is 20.9 Å². The van der Waals surface area contributed by atoms with Crippen LogP contribution in [0.15, 0.2) is 79.0 Å². The third kappa shape index (κ3) is 9.80. The zero-order valence-corrected chi connectivity index (χ0v) is 25.8. The first-order valence-corrected chi connectivity index (χ1v) is 15.1. The molecule has 0 saturated heterocycles. The summed E-state index contributed by atoms with van der Waals surface area (Å²) < 4.78 is 0. The van der Waals surface area contributed by atoms with Gasteiger partial charge in [-0.15, -0.1) is 0 Å². The Hall–Kier alpha value is -5.89. The summed E-state index contributed by atoms with van der Waals surface area (Å²) in [6.07, 6.45) is 0.702. The number of nitrogens with one attached hydrogen (secondary N) is 4. The maximum atomic E-state index is 13.8. The second-order valence-corrected chi connectivity index (χ2v) is 11.4. The van der Waals surface area contributed by atoms with Gasteiger partial charge in [0, 0.05) is 36.4 Å². The van der Waals surface area contributed by atoms with Crippen LogP contribution in [0, 0.1) is 0 Å². The number of aromatic nitrogens is 1. The molecular weight excluding hydrogens is 622 g/mol. The maximum absolute atomic E-state index is 13.8. The van der Waals surface area contributed by atoms with Crippen molar-refractivity contribution in [2.45, 2.75) is 56.3 Å². The molecule has 0 bridgehead atoms. The molecule has 0 aliphatic carbocycles. The van der Waals surface area contributed by atoms with Crippen LogP contribution in [0.4, 0.5) is 0 Å². The molecule has 3 amide bonds. The molecule has 14 nitrogen and oxygen atoms in total. The summed E-state index contributed by atoms with van der Waals surface area (Å²) in [5.41, 5.74) is 8.79. The molecule has 0 saturated carbocycles. The fourth-order valence-electron chi connectivity index (χ4n) is 5.14. The molecule has 0 radical (unpaired) electrons. The van der Waals surface area contributed by atoms with Gasteiger partial charge in [0.25, 0.3) is 0 Å². The quantitative estimate of drug-likeness (QED) is 0.0835. The molecule has 4 atom stereocenters. The van der Waals surface area contributed by atoms with Crippen LogP contribution in [-0.2, 0) is 43.2 Å². The molecule has 252 valence electrons. The molecule has 4 aromatic rings. The summed E-state index contributed by atoms with van der Waals surface area (Å²) in [4.78, 5) is 67.0. The van der Waals surface area contributed by atoms with Gasteiger partial charge in [-0.2, -0.15) is 0 Å². The van der Waals surface area contributed by atoms with Crippen LogP contribution in [0.2, 0.25) is 0 Å². The van der Waals surface area contributed by atoms with Crippen LogP contribution >= 0.6 is 0 Å². The van der Waals surface area contributed by atoms with Gasteiger partial charge < -0.3 is 47.1 Å². The van der Waals surface area contributed by atoms with Crippen LogP contribution in [0.25, 0.3) is 10.9 Å². The number of amides is 3. The van der Waals surface area contributed by atoms with E-state index in [1.165, 1.54) is 36.4 Å².